The van der Waals surface area contributed by atoms with E-state index >= 15 is 0 Å². The van der Waals surface area contributed by atoms with Crippen molar-refractivity contribution < 1.29 is 4.39 Å². The van der Waals surface area contributed by atoms with E-state index < -0.39 is 5.82 Å². The maximum absolute atomic E-state index is 13.7. The lowest BCUT2D eigenvalue weighted by Gasteiger charge is -2.08. The minimum absolute atomic E-state index is 0.233. The van der Waals surface area contributed by atoms with E-state index in [9.17, 15) is 4.39 Å². The summed E-state index contributed by atoms with van der Waals surface area (Å²) in [5.41, 5.74) is 1.08. The van der Waals surface area contributed by atoms with Gasteiger partial charge in [-0.25, -0.2) is 14.4 Å². The van der Waals surface area contributed by atoms with Gasteiger partial charge in [0.15, 0.2) is 17.5 Å². The Kier molecular flexibility index (Phi) is 3.03. The van der Waals surface area contributed by atoms with Crippen molar-refractivity contribution in [1.82, 2.24) is 19.7 Å². The average molecular weight is 235 g/mol. The molecule has 6 heteroatoms. The molecule has 90 valence electrons. The standard InChI is InChI=1S/C11H14FN5/c1-4-13-11-9(12)7(2)15-10(16-11)8-5-6-14-17(8)3/h5-6H,4H2,1-3H3,(H,13,15,16). The average Bonchev–Trinajstić information content (AvgIpc) is 2.71. The summed E-state index contributed by atoms with van der Waals surface area (Å²) in [6.45, 7) is 4.12. The van der Waals surface area contributed by atoms with Gasteiger partial charge in [-0.2, -0.15) is 5.10 Å². The monoisotopic (exact) mass is 235 g/mol. The zero-order chi connectivity index (χ0) is 12.4. The Hall–Kier alpha value is -1.98. The van der Waals surface area contributed by atoms with Gasteiger partial charge in [0.05, 0.1) is 5.69 Å². The summed E-state index contributed by atoms with van der Waals surface area (Å²) in [6, 6.07) is 1.79. The summed E-state index contributed by atoms with van der Waals surface area (Å²) >= 11 is 0. The molecule has 0 fully saturated rings. The van der Waals surface area contributed by atoms with Crippen molar-refractivity contribution in [3.05, 3.63) is 23.8 Å². The Balaban J connectivity index is 2.53. The number of aromatic nitrogens is 4. The SMILES string of the molecule is CCNc1nc(-c2ccnn2C)nc(C)c1F. The molecule has 0 radical (unpaired) electrons. The van der Waals surface area contributed by atoms with Crippen LogP contribution in [-0.4, -0.2) is 26.3 Å². The third-order valence-corrected chi connectivity index (χ3v) is 2.41. The molecule has 0 aliphatic rings. The Morgan fingerprint density at radius 1 is 1.41 bits per heavy atom. The maximum Gasteiger partial charge on any atom is 0.186 e. The minimum Gasteiger partial charge on any atom is -0.368 e. The summed E-state index contributed by atoms with van der Waals surface area (Å²) in [4.78, 5) is 8.30. The first kappa shape index (κ1) is 11.5. The van der Waals surface area contributed by atoms with Gasteiger partial charge < -0.3 is 5.32 Å². The van der Waals surface area contributed by atoms with Crippen LogP contribution in [0.3, 0.4) is 0 Å². The van der Waals surface area contributed by atoms with Gasteiger partial charge in [0.1, 0.15) is 5.69 Å². The fourth-order valence-electron chi connectivity index (χ4n) is 1.55. The van der Waals surface area contributed by atoms with Gasteiger partial charge in [0.25, 0.3) is 0 Å². The van der Waals surface area contributed by atoms with Crippen LogP contribution in [-0.2, 0) is 7.05 Å². The lowest BCUT2D eigenvalue weighted by atomic mass is 10.3. The first-order chi connectivity index (χ1) is 8.13. The molecule has 0 unspecified atom stereocenters. The normalized spacial score (nSPS) is 10.6. The molecule has 2 aromatic rings. The van der Waals surface area contributed by atoms with Crippen molar-refractivity contribution >= 4 is 5.82 Å². The number of halogens is 1. The maximum atomic E-state index is 13.7. The van der Waals surface area contributed by atoms with E-state index in [2.05, 4.69) is 20.4 Å². The molecule has 0 spiro atoms. The molecule has 2 rings (SSSR count). The van der Waals surface area contributed by atoms with E-state index in [1.54, 1.807) is 30.9 Å². The predicted molar refractivity (Wildman–Crippen MR) is 63.1 cm³/mol. The predicted octanol–water partition coefficient (Wildman–Crippen LogP) is 1.76. The quantitative estimate of drug-likeness (QED) is 0.880. The first-order valence-corrected chi connectivity index (χ1v) is 5.40. The number of nitrogens with zero attached hydrogens (tertiary/aromatic N) is 4. The fraction of sp³-hybridized carbons (Fsp3) is 0.364. The van der Waals surface area contributed by atoms with Crippen molar-refractivity contribution in [2.45, 2.75) is 13.8 Å². The van der Waals surface area contributed by atoms with Gasteiger partial charge in [-0.3, -0.25) is 4.68 Å². The van der Waals surface area contributed by atoms with Crippen molar-refractivity contribution in [2.75, 3.05) is 11.9 Å². The summed E-state index contributed by atoms with van der Waals surface area (Å²) in [7, 11) is 1.80. The van der Waals surface area contributed by atoms with Crippen LogP contribution in [0.15, 0.2) is 12.3 Å². The summed E-state index contributed by atoms with van der Waals surface area (Å²) in [6.07, 6.45) is 1.66. The van der Waals surface area contributed by atoms with Crippen molar-refractivity contribution in [1.29, 1.82) is 0 Å². The van der Waals surface area contributed by atoms with Gasteiger partial charge in [-0.15, -0.1) is 0 Å². The molecule has 0 bridgehead atoms. The van der Waals surface area contributed by atoms with E-state index in [4.69, 9.17) is 0 Å². The Morgan fingerprint density at radius 3 is 2.76 bits per heavy atom. The Bertz CT molecular complexity index is 535. The number of rotatable bonds is 3. The van der Waals surface area contributed by atoms with Crippen LogP contribution >= 0.6 is 0 Å². The highest BCUT2D eigenvalue weighted by Crippen LogP contribution is 2.20. The van der Waals surface area contributed by atoms with Crippen LogP contribution in [0.5, 0.6) is 0 Å². The molecular formula is C11H14FN5. The summed E-state index contributed by atoms with van der Waals surface area (Å²) in [5, 5.41) is 6.93. The second kappa shape index (κ2) is 4.48. The Labute approximate surface area is 98.7 Å². The second-order valence-corrected chi connectivity index (χ2v) is 3.67. The molecule has 0 aromatic carbocycles. The van der Waals surface area contributed by atoms with E-state index in [-0.39, 0.29) is 5.82 Å². The van der Waals surface area contributed by atoms with E-state index in [0.29, 0.717) is 18.1 Å². The van der Waals surface area contributed by atoms with Crippen molar-refractivity contribution in [2.24, 2.45) is 7.05 Å². The van der Waals surface area contributed by atoms with Crippen LogP contribution in [0.1, 0.15) is 12.6 Å². The summed E-state index contributed by atoms with van der Waals surface area (Å²) < 4.78 is 15.4. The van der Waals surface area contributed by atoms with Gasteiger partial charge in [-0.05, 0) is 19.9 Å². The topological polar surface area (TPSA) is 55.6 Å². The first-order valence-electron chi connectivity index (χ1n) is 5.40. The fourth-order valence-corrected chi connectivity index (χ4v) is 1.55. The molecule has 0 atom stereocenters. The highest BCUT2D eigenvalue weighted by atomic mass is 19.1. The largest absolute Gasteiger partial charge is 0.368 e. The van der Waals surface area contributed by atoms with Crippen LogP contribution in [0.25, 0.3) is 11.5 Å². The molecule has 5 nitrogen and oxygen atoms in total. The van der Waals surface area contributed by atoms with Crippen LogP contribution in [0.2, 0.25) is 0 Å². The second-order valence-electron chi connectivity index (χ2n) is 3.67. The molecular weight excluding hydrogens is 221 g/mol. The molecule has 2 aromatic heterocycles. The molecule has 17 heavy (non-hydrogen) atoms. The summed E-state index contributed by atoms with van der Waals surface area (Å²) in [5.74, 6) is 0.300. The van der Waals surface area contributed by atoms with E-state index in [1.165, 1.54) is 0 Å². The third kappa shape index (κ3) is 2.11. The van der Waals surface area contributed by atoms with E-state index in [0.717, 1.165) is 5.69 Å². The molecule has 0 aliphatic carbocycles. The number of aryl methyl sites for hydroxylation is 2. The molecule has 0 aliphatic heterocycles. The third-order valence-electron chi connectivity index (χ3n) is 2.41. The smallest absolute Gasteiger partial charge is 0.186 e. The van der Waals surface area contributed by atoms with Gasteiger partial charge >= 0.3 is 0 Å². The Morgan fingerprint density at radius 2 is 2.18 bits per heavy atom. The van der Waals surface area contributed by atoms with E-state index in [1.807, 2.05) is 6.92 Å². The number of hydrogen-bond donors (Lipinski definition) is 1. The number of nitrogens with one attached hydrogen (secondary N) is 1. The highest BCUT2D eigenvalue weighted by molar-refractivity contribution is 5.53. The van der Waals surface area contributed by atoms with Crippen LogP contribution < -0.4 is 5.32 Å². The lowest BCUT2D eigenvalue weighted by Crippen LogP contribution is -2.08. The number of anilines is 1. The van der Waals surface area contributed by atoms with Gasteiger partial charge in [0.2, 0.25) is 0 Å². The molecule has 1 N–H and O–H groups in total. The van der Waals surface area contributed by atoms with Crippen molar-refractivity contribution in [3.8, 4) is 11.5 Å². The van der Waals surface area contributed by atoms with Crippen LogP contribution in [0.4, 0.5) is 10.2 Å². The molecule has 0 saturated carbocycles. The van der Waals surface area contributed by atoms with Gasteiger partial charge in [-0.1, -0.05) is 0 Å². The lowest BCUT2D eigenvalue weighted by molar-refractivity contribution is 0.605. The zero-order valence-corrected chi connectivity index (χ0v) is 10.0. The molecule has 0 saturated heterocycles. The number of hydrogen-bond acceptors (Lipinski definition) is 4. The van der Waals surface area contributed by atoms with Crippen LogP contribution in [0, 0.1) is 12.7 Å². The zero-order valence-electron chi connectivity index (χ0n) is 10.0. The molecule has 0 amide bonds. The van der Waals surface area contributed by atoms with Crippen molar-refractivity contribution in [3.63, 3.8) is 0 Å². The minimum atomic E-state index is -0.405. The molecule has 2 heterocycles. The van der Waals surface area contributed by atoms with Gasteiger partial charge in [0, 0.05) is 19.8 Å². The highest BCUT2D eigenvalue weighted by Gasteiger charge is 2.13.